The number of hydrogen-bond donors (Lipinski definition) is 1. The van der Waals surface area contributed by atoms with Gasteiger partial charge in [0.1, 0.15) is 18.7 Å². The first-order valence-electron chi connectivity index (χ1n) is 8.72. The van der Waals surface area contributed by atoms with Crippen molar-refractivity contribution in [1.82, 2.24) is 10.2 Å². The van der Waals surface area contributed by atoms with Crippen molar-refractivity contribution in [2.75, 3.05) is 6.54 Å². The van der Waals surface area contributed by atoms with Crippen LogP contribution in [-0.4, -0.2) is 29.4 Å². The second-order valence-corrected chi connectivity index (χ2v) is 6.90. The van der Waals surface area contributed by atoms with Gasteiger partial charge in [-0.05, 0) is 37.5 Å². The first-order valence-corrected chi connectivity index (χ1v) is 8.72. The van der Waals surface area contributed by atoms with Crippen molar-refractivity contribution < 1.29 is 19.1 Å². The molecule has 0 unspecified atom stereocenters. The third-order valence-corrected chi connectivity index (χ3v) is 4.81. The van der Waals surface area contributed by atoms with Gasteiger partial charge >= 0.3 is 12.0 Å². The molecule has 0 radical (unpaired) electrons. The van der Waals surface area contributed by atoms with Gasteiger partial charge in [0.25, 0.3) is 5.91 Å². The summed E-state index contributed by atoms with van der Waals surface area (Å²) in [6.45, 7) is 5.21. The Hall–Kier alpha value is -3.15. The van der Waals surface area contributed by atoms with Gasteiger partial charge in [0.2, 0.25) is 0 Å². The van der Waals surface area contributed by atoms with Crippen LogP contribution in [0.4, 0.5) is 4.79 Å². The molecular formula is C21H22N2O4. The standard InChI is InChI=1S/C21H22N2O4/c1-14-9-10-15(2)16(11-14)13-27-18(24)12-23-19(25)21(3,22-20(23)26)17-7-5-4-6-8-17/h4-11H,12-13H2,1-3H3,(H,22,26)/t21-/m1/s1. The molecule has 0 bridgehead atoms. The van der Waals surface area contributed by atoms with Gasteiger partial charge in [0, 0.05) is 0 Å². The van der Waals surface area contributed by atoms with Crippen molar-refractivity contribution >= 4 is 17.9 Å². The van der Waals surface area contributed by atoms with Crippen LogP contribution < -0.4 is 5.32 Å². The van der Waals surface area contributed by atoms with E-state index >= 15 is 0 Å². The maximum absolute atomic E-state index is 12.8. The molecule has 0 spiro atoms. The van der Waals surface area contributed by atoms with Crippen molar-refractivity contribution in [3.8, 4) is 0 Å². The van der Waals surface area contributed by atoms with Gasteiger partial charge in [-0.1, -0.05) is 54.1 Å². The largest absolute Gasteiger partial charge is 0.459 e. The fraction of sp³-hybridized carbons (Fsp3) is 0.286. The maximum Gasteiger partial charge on any atom is 0.326 e. The lowest BCUT2D eigenvalue weighted by Gasteiger charge is -2.22. The van der Waals surface area contributed by atoms with Crippen LogP contribution in [0.3, 0.4) is 0 Å². The Morgan fingerprint density at radius 3 is 2.52 bits per heavy atom. The topological polar surface area (TPSA) is 75.7 Å². The summed E-state index contributed by atoms with van der Waals surface area (Å²) in [5, 5.41) is 2.67. The van der Waals surface area contributed by atoms with Crippen molar-refractivity contribution in [3.63, 3.8) is 0 Å². The molecule has 3 amide bonds. The van der Waals surface area contributed by atoms with Crippen LogP contribution in [-0.2, 0) is 26.5 Å². The van der Waals surface area contributed by atoms with Crippen LogP contribution in [0.2, 0.25) is 0 Å². The number of hydrogen-bond acceptors (Lipinski definition) is 4. The molecule has 1 N–H and O–H groups in total. The highest BCUT2D eigenvalue weighted by Crippen LogP contribution is 2.28. The molecular weight excluding hydrogens is 344 g/mol. The van der Waals surface area contributed by atoms with E-state index in [2.05, 4.69) is 5.32 Å². The number of esters is 1. The van der Waals surface area contributed by atoms with E-state index in [0.717, 1.165) is 21.6 Å². The Labute approximate surface area is 158 Å². The number of ether oxygens (including phenoxy) is 1. The molecule has 0 aliphatic carbocycles. The van der Waals surface area contributed by atoms with Crippen molar-refractivity contribution in [2.45, 2.75) is 32.9 Å². The number of aryl methyl sites for hydroxylation is 2. The number of imide groups is 1. The first kappa shape index (κ1) is 18.6. The van der Waals surface area contributed by atoms with Crippen LogP contribution in [0, 0.1) is 13.8 Å². The van der Waals surface area contributed by atoms with E-state index < -0.39 is 30.0 Å². The van der Waals surface area contributed by atoms with Gasteiger partial charge in [-0.25, -0.2) is 4.79 Å². The van der Waals surface area contributed by atoms with Crippen molar-refractivity contribution in [2.24, 2.45) is 0 Å². The van der Waals surface area contributed by atoms with Gasteiger partial charge in [0.15, 0.2) is 0 Å². The molecule has 27 heavy (non-hydrogen) atoms. The number of nitrogens with one attached hydrogen (secondary N) is 1. The van der Waals surface area contributed by atoms with E-state index in [1.807, 2.05) is 38.1 Å². The lowest BCUT2D eigenvalue weighted by molar-refractivity contribution is -0.148. The predicted octanol–water partition coefficient (Wildman–Crippen LogP) is 2.81. The Bertz CT molecular complexity index is 894. The molecule has 140 valence electrons. The zero-order valence-corrected chi connectivity index (χ0v) is 15.6. The van der Waals surface area contributed by atoms with Crippen LogP contribution in [0.5, 0.6) is 0 Å². The lowest BCUT2D eigenvalue weighted by Crippen LogP contribution is -2.41. The Morgan fingerprint density at radius 1 is 1.11 bits per heavy atom. The summed E-state index contributed by atoms with van der Waals surface area (Å²) in [6.07, 6.45) is 0. The molecule has 1 fully saturated rings. The maximum atomic E-state index is 12.8. The minimum absolute atomic E-state index is 0.103. The number of carbonyl (C=O) groups is 3. The fourth-order valence-corrected chi connectivity index (χ4v) is 3.10. The van der Waals surface area contributed by atoms with E-state index in [1.54, 1.807) is 31.2 Å². The van der Waals surface area contributed by atoms with Gasteiger partial charge in [-0.2, -0.15) is 0 Å². The second-order valence-electron chi connectivity index (χ2n) is 6.90. The molecule has 1 saturated heterocycles. The van der Waals surface area contributed by atoms with Gasteiger partial charge in [-0.15, -0.1) is 0 Å². The van der Waals surface area contributed by atoms with Crippen LogP contribution in [0.25, 0.3) is 0 Å². The highest BCUT2D eigenvalue weighted by atomic mass is 16.5. The summed E-state index contributed by atoms with van der Waals surface area (Å²) in [5.74, 6) is -1.10. The van der Waals surface area contributed by atoms with Crippen LogP contribution in [0.1, 0.15) is 29.2 Å². The molecule has 1 aliphatic heterocycles. The first-order chi connectivity index (χ1) is 12.8. The summed E-state index contributed by atoms with van der Waals surface area (Å²) >= 11 is 0. The Balaban J connectivity index is 1.67. The number of benzene rings is 2. The molecule has 1 aliphatic rings. The van der Waals surface area contributed by atoms with Gasteiger partial charge < -0.3 is 10.1 Å². The van der Waals surface area contributed by atoms with Crippen LogP contribution in [0.15, 0.2) is 48.5 Å². The zero-order chi connectivity index (χ0) is 19.6. The SMILES string of the molecule is Cc1ccc(C)c(COC(=O)CN2C(=O)N[C@](C)(c3ccccc3)C2=O)c1. The van der Waals surface area contributed by atoms with Gasteiger partial charge in [0.05, 0.1) is 0 Å². The number of amides is 3. The molecule has 6 nitrogen and oxygen atoms in total. The molecule has 0 aromatic heterocycles. The van der Waals surface area contributed by atoms with Crippen molar-refractivity contribution in [1.29, 1.82) is 0 Å². The minimum atomic E-state index is -1.19. The molecule has 6 heteroatoms. The quantitative estimate of drug-likeness (QED) is 0.652. The Kier molecular flexibility index (Phi) is 4.99. The van der Waals surface area contributed by atoms with Gasteiger partial charge in [-0.3, -0.25) is 14.5 Å². The summed E-state index contributed by atoms with van der Waals surface area (Å²) in [7, 11) is 0. The third-order valence-electron chi connectivity index (χ3n) is 4.81. The third kappa shape index (κ3) is 3.69. The number of rotatable bonds is 5. The predicted molar refractivity (Wildman–Crippen MR) is 99.8 cm³/mol. The van der Waals surface area contributed by atoms with E-state index in [9.17, 15) is 14.4 Å². The monoisotopic (exact) mass is 366 g/mol. The molecule has 2 aromatic carbocycles. The molecule has 1 atom stereocenters. The van der Waals surface area contributed by atoms with Crippen LogP contribution >= 0.6 is 0 Å². The highest BCUT2D eigenvalue weighted by molar-refractivity contribution is 6.08. The Morgan fingerprint density at radius 2 is 1.81 bits per heavy atom. The second kappa shape index (κ2) is 7.23. The summed E-state index contributed by atoms with van der Waals surface area (Å²) in [4.78, 5) is 38.2. The number of carbonyl (C=O) groups excluding carboxylic acids is 3. The lowest BCUT2D eigenvalue weighted by atomic mass is 9.92. The average Bonchev–Trinajstić information content (AvgIpc) is 2.87. The molecule has 3 rings (SSSR count). The number of urea groups is 1. The smallest absolute Gasteiger partial charge is 0.326 e. The summed E-state index contributed by atoms with van der Waals surface area (Å²) < 4.78 is 5.28. The molecule has 0 saturated carbocycles. The van der Waals surface area contributed by atoms with E-state index in [1.165, 1.54) is 0 Å². The average molecular weight is 366 g/mol. The summed E-state index contributed by atoms with van der Waals surface area (Å²) in [6, 6.07) is 14.2. The normalized spacial score (nSPS) is 19.1. The molecule has 1 heterocycles. The minimum Gasteiger partial charge on any atom is -0.459 e. The highest BCUT2D eigenvalue weighted by Gasteiger charge is 2.49. The summed E-state index contributed by atoms with van der Waals surface area (Å²) in [5.41, 5.74) is 2.45. The van der Waals surface area contributed by atoms with E-state index in [4.69, 9.17) is 4.74 Å². The van der Waals surface area contributed by atoms with Crippen molar-refractivity contribution in [3.05, 3.63) is 70.8 Å². The zero-order valence-electron chi connectivity index (χ0n) is 15.6. The molecule has 2 aromatic rings. The number of nitrogens with zero attached hydrogens (tertiary/aromatic N) is 1. The fourth-order valence-electron chi connectivity index (χ4n) is 3.10. The van der Waals surface area contributed by atoms with E-state index in [-0.39, 0.29) is 6.61 Å². The van der Waals surface area contributed by atoms with E-state index in [0.29, 0.717) is 5.56 Å².